The molecule has 0 spiro atoms. The molecule has 0 fully saturated rings. The maximum atomic E-state index is 13.9. The van der Waals surface area contributed by atoms with E-state index < -0.39 is 0 Å². The van der Waals surface area contributed by atoms with Gasteiger partial charge < -0.3 is 10.6 Å². The lowest BCUT2D eigenvalue weighted by Gasteiger charge is -2.26. The first-order valence-corrected chi connectivity index (χ1v) is 7.56. The molecule has 1 aliphatic heterocycles. The van der Waals surface area contributed by atoms with Gasteiger partial charge >= 0.3 is 0 Å². The first kappa shape index (κ1) is 13.4. The van der Waals surface area contributed by atoms with E-state index in [9.17, 15) is 4.39 Å². The normalized spacial score (nSPS) is 14.8. The highest BCUT2D eigenvalue weighted by atomic mass is 79.9. The summed E-state index contributed by atoms with van der Waals surface area (Å²) in [4.78, 5) is 2.13. The second-order valence-electron chi connectivity index (χ2n) is 5.06. The van der Waals surface area contributed by atoms with Crippen molar-refractivity contribution < 1.29 is 4.39 Å². The van der Waals surface area contributed by atoms with Gasteiger partial charge in [-0.15, -0.1) is 0 Å². The van der Waals surface area contributed by atoms with Crippen molar-refractivity contribution in [1.29, 1.82) is 0 Å². The Kier molecular flexibility index (Phi) is 3.66. The fourth-order valence-corrected chi connectivity index (χ4v) is 3.09. The molecule has 104 valence electrons. The molecule has 0 saturated carbocycles. The Labute approximate surface area is 126 Å². The summed E-state index contributed by atoms with van der Waals surface area (Å²) in [5, 5.41) is 0. The van der Waals surface area contributed by atoms with Crippen LogP contribution in [0.15, 0.2) is 40.9 Å². The molecular weight excluding hydrogens is 319 g/mol. The number of hydrogen-bond acceptors (Lipinski definition) is 2. The number of anilines is 3. The Hall–Kier alpha value is -1.55. The van der Waals surface area contributed by atoms with E-state index in [-0.39, 0.29) is 5.82 Å². The van der Waals surface area contributed by atoms with Gasteiger partial charge in [0.2, 0.25) is 0 Å². The molecule has 0 bridgehead atoms. The highest BCUT2D eigenvalue weighted by Crippen LogP contribution is 2.37. The molecule has 0 radical (unpaired) electrons. The zero-order valence-corrected chi connectivity index (χ0v) is 12.7. The fourth-order valence-electron chi connectivity index (χ4n) is 2.73. The molecule has 2 N–H and O–H groups in total. The third-order valence-electron chi connectivity index (χ3n) is 3.72. The number of fused-ring (bicyclic) bond motifs is 1. The molecule has 2 aromatic carbocycles. The topological polar surface area (TPSA) is 29.3 Å². The highest BCUT2D eigenvalue weighted by Gasteiger charge is 2.19. The summed E-state index contributed by atoms with van der Waals surface area (Å²) in [6, 6.07) is 11.4. The van der Waals surface area contributed by atoms with E-state index in [1.165, 1.54) is 11.6 Å². The van der Waals surface area contributed by atoms with Crippen LogP contribution in [0.5, 0.6) is 0 Å². The lowest BCUT2D eigenvalue weighted by molar-refractivity contribution is 0.621. The van der Waals surface area contributed by atoms with E-state index >= 15 is 0 Å². The quantitative estimate of drug-likeness (QED) is 0.769. The molecule has 0 amide bonds. The first-order chi connectivity index (χ1) is 9.66. The van der Waals surface area contributed by atoms with E-state index in [2.05, 4.69) is 33.0 Å². The highest BCUT2D eigenvalue weighted by molar-refractivity contribution is 9.10. The van der Waals surface area contributed by atoms with Crippen LogP contribution in [0, 0.1) is 5.82 Å². The van der Waals surface area contributed by atoms with Crippen LogP contribution in [-0.4, -0.2) is 6.54 Å². The van der Waals surface area contributed by atoms with Gasteiger partial charge in [-0.1, -0.05) is 18.2 Å². The summed E-state index contributed by atoms with van der Waals surface area (Å²) in [6.07, 6.45) is 3.28. The Morgan fingerprint density at radius 1 is 1.10 bits per heavy atom. The number of hydrogen-bond donors (Lipinski definition) is 1. The van der Waals surface area contributed by atoms with Gasteiger partial charge in [0.15, 0.2) is 0 Å². The minimum atomic E-state index is -0.282. The van der Waals surface area contributed by atoms with Gasteiger partial charge in [-0.2, -0.15) is 0 Å². The lowest BCUT2D eigenvalue weighted by atomic mass is 10.1. The largest absolute Gasteiger partial charge is 0.397 e. The minimum Gasteiger partial charge on any atom is -0.397 e. The average Bonchev–Trinajstić information content (AvgIpc) is 2.65. The van der Waals surface area contributed by atoms with Gasteiger partial charge in [0, 0.05) is 18.3 Å². The molecule has 2 aromatic rings. The number of nitrogens with two attached hydrogens (primary N) is 1. The Balaban J connectivity index is 2.12. The number of rotatable bonds is 1. The summed E-state index contributed by atoms with van der Waals surface area (Å²) in [6.45, 7) is 0.863. The number of nitrogens with zero attached hydrogens (tertiary/aromatic N) is 1. The van der Waals surface area contributed by atoms with Crippen LogP contribution in [0.3, 0.4) is 0 Å². The Morgan fingerprint density at radius 3 is 2.75 bits per heavy atom. The maximum Gasteiger partial charge on any atom is 0.139 e. The van der Waals surface area contributed by atoms with Crippen LogP contribution in [0.1, 0.15) is 18.4 Å². The Bertz CT molecular complexity index is 642. The van der Waals surface area contributed by atoms with E-state index in [0.717, 1.165) is 37.2 Å². The minimum absolute atomic E-state index is 0.282. The number of aryl methyl sites for hydroxylation is 1. The molecule has 4 heteroatoms. The molecule has 0 saturated heterocycles. The molecule has 0 aromatic heterocycles. The molecule has 0 aliphatic carbocycles. The van der Waals surface area contributed by atoms with Crippen molar-refractivity contribution in [1.82, 2.24) is 0 Å². The van der Waals surface area contributed by atoms with E-state index in [4.69, 9.17) is 5.73 Å². The zero-order valence-electron chi connectivity index (χ0n) is 11.1. The van der Waals surface area contributed by atoms with Crippen molar-refractivity contribution in [2.45, 2.75) is 19.3 Å². The summed E-state index contributed by atoms with van der Waals surface area (Å²) in [5.74, 6) is -0.282. The molecule has 0 atom stereocenters. The fraction of sp³-hybridized carbons (Fsp3) is 0.250. The summed E-state index contributed by atoms with van der Waals surface area (Å²) in [5.41, 5.74) is 9.87. The molecular formula is C16H16BrFN2. The second-order valence-corrected chi connectivity index (χ2v) is 5.92. The number of benzene rings is 2. The van der Waals surface area contributed by atoms with Gasteiger partial charge in [-0.05, 0) is 52.9 Å². The zero-order chi connectivity index (χ0) is 14.1. The van der Waals surface area contributed by atoms with Crippen molar-refractivity contribution in [3.63, 3.8) is 0 Å². The molecule has 20 heavy (non-hydrogen) atoms. The van der Waals surface area contributed by atoms with Crippen molar-refractivity contribution in [2.24, 2.45) is 0 Å². The van der Waals surface area contributed by atoms with Crippen molar-refractivity contribution in [3.05, 3.63) is 52.3 Å². The smallest absolute Gasteiger partial charge is 0.139 e. The summed E-state index contributed by atoms with van der Waals surface area (Å²) >= 11 is 3.18. The van der Waals surface area contributed by atoms with Crippen molar-refractivity contribution in [3.8, 4) is 0 Å². The number of nitrogen functional groups attached to an aromatic ring is 1. The molecule has 3 rings (SSSR count). The standard InChI is InChI=1S/C16H16BrFN2/c17-12-9-14(19)16(10-13(12)18)20-8-4-3-6-11-5-1-2-7-15(11)20/h1-2,5,7,9-10H,3-4,6,8,19H2. The third-order valence-corrected chi connectivity index (χ3v) is 4.33. The Morgan fingerprint density at radius 2 is 1.90 bits per heavy atom. The maximum absolute atomic E-state index is 13.9. The van der Waals surface area contributed by atoms with Gasteiger partial charge in [-0.25, -0.2) is 4.39 Å². The summed E-state index contributed by atoms with van der Waals surface area (Å²) in [7, 11) is 0. The third kappa shape index (κ3) is 2.40. The van der Waals surface area contributed by atoms with Crippen LogP contribution in [0.2, 0.25) is 0 Å². The van der Waals surface area contributed by atoms with Crippen LogP contribution in [0.25, 0.3) is 0 Å². The lowest BCUT2D eigenvalue weighted by Crippen LogP contribution is -2.19. The van der Waals surface area contributed by atoms with Gasteiger partial charge in [-0.3, -0.25) is 0 Å². The predicted molar refractivity (Wildman–Crippen MR) is 84.9 cm³/mol. The van der Waals surface area contributed by atoms with E-state index in [0.29, 0.717) is 10.2 Å². The van der Waals surface area contributed by atoms with Gasteiger partial charge in [0.05, 0.1) is 15.8 Å². The van der Waals surface area contributed by atoms with Gasteiger partial charge in [0.25, 0.3) is 0 Å². The average molecular weight is 335 g/mol. The second kappa shape index (κ2) is 5.44. The SMILES string of the molecule is Nc1cc(Br)c(F)cc1N1CCCCc2ccccc21. The molecule has 1 aliphatic rings. The van der Waals surface area contributed by atoms with E-state index in [1.807, 2.05) is 12.1 Å². The number of halogens is 2. The van der Waals surface area contributed by atoms with Crippen LogP contribution < -0.4 is 10.6 Å². The van der Waals surface area contributed by atoms with Crippen LogP contribution in [-0.2, 0) is 6.42 Å². The predicted octanol–water partition coefficient (Wildman–Crippen LogP) is 4.64. The number of para-hydroxylation sites is 1. The van der Waals surface area contributed by atoms with Crippen molar-refractivity contribution in [2.75, 3.05) is 17.2 Å². The van der Waals surface area contributed by atoms with Gasteiger partial charge in [0.1, 0.15) is 5.82 Å². The first-order valence-electron chi connectivity index (χ1n) is 6.77. The molecule has 1 heterocycles. The molecule has 0 unspecified atom stereocenters. The van der Waals surface area contributed by atoms with Crippen LogP contribution in [0.4, 0.5) is 21.5 Å². The molecule has 2 nitrogen and oxygen atoms in total. The summed E-state index contributed by atoms with van der Waals surface area (Å²) < 4.78 is 14.3. The van der Waals surface area contributed by atoms with Crippen LogP contribution >= 0.6 is 15.9 Å². The van der Waals surface area contributed by atoms with E-state index in [1.54, 1.807) is 6.07 Å². The van der Waals surface area contributed by atoms with Crippen molar-refractivity contribution >= 4 is 33.0 Å². The monoisotopic (exact) mass is 334 g/mol.